The third-order valence-electron chi connectivity index (χ3n) is 8.67. The highest BCUT2D eigenvalue weighted by Crippen LogP contribution is 2.25. The maximum absolute atomic E-state index is 11.7. The lowest BCUT2D eigenvalue weighted by Crippen LogP contribution is -2.30. The van der Waals surface area contributed by atoms with Gasteiger partial charge < -0.3 is 9.47 Å². The van der Waals surface area contributed by atoms with E-state index >= 15 is 0 Å². The lowest BCUT2D eigenvalue weighted by Gasteiger charge is -2.24. The van der Waals surface area contributed by atoms with Gasteiger partial charge in [0.25, 0.3) is 0 Å². The highest BCUT2D eigenvalue weighted by Gasteiger charge is 2.24. The Hall–Kier alpha value is -1.32. The van der Waals surface area contributed by atoms with Crippen LogP contribution in [-0.2, 0) is 19.1 Å². The molecule has 0 aliphatic carbocycles. The molecule has 0 fully saturated rings. The van der Waals surface area contributed by atoms with E-state index in [-0.39, 0.29) is 18.3 Å². The van der Waals surface area contributed by atoms with Crippen molar-refractivity contribution in [3.63, 3.8) is 0 Å². The molecule has 0 saturated carbocycles. The highest BCUT2D eigenvalue weighted by molar-refractivity contribution is 5.81. The second-order valence-electron chi connectivity index (χ2n) is 13.7. The van der Waals surface area contributed by atoms with Gasteiger partial charge in [0.05, 0.1) is 0 Å². The Morgan fingerprint density at radius 2 is 0.950 bits per heavy atom. The molecule has 0 aromatic heterocycles. The van der Waals surface area contributed by atoms with Crippen molar-refractivity contribution in [2.45, 2.75) is 171 Å². The third kappa shape index (κ3) is 22.4. The number of hydrogen-bond acceptors (Lipinski definition) is 4. The first-order valence-electron chi connectivity index (χ1n) is 17.0. The second kappa shape index (κ2) is 24.3. The molecule has 0 aliphatic heterocycles. The fraction of sp³-hybridized carbons (Fsp3) is 0.889. The molecule has 0 saturated heterocycles. The SMILES string of the molecule is C=CC(=O)OC(OC(=O)CC)C(C)CCCC(C)CCCC(C)CCCCC(C)CCCC(C)CCCC(C)C. The van der Waals surface area contributed by atoms with Crippen molar-refractivity contribution in [3.05, 3.63) is 12.7 Å². The third-order valence-corrected chi connectivity index (χ3v) is 8.67. The van der Waals surface area contributed by atoms with E-state index in [1.807, 2.05) is 6.92 Å². The minimum absolute atomic E-state index is 0.0301. The molecule has 6 atom stereocenters. The molecule has 0 rings (SSSR count). The average molecular weight is 565 g/mol. The number of carbonyl (C=O) groups is 2. The molecular formula is C36H68O4. The minimum Gasteiger partial charge on any atom is -0.425 e. The summed E-state index contributed by atoms with van der Waals surface area (Å²) in [6.45, 7) is 21.5. The Morgan fingerprint density at radius 3 is 1.32 bits per heavy atom. The molecule has 0 heterocycles. The van der Waals surface area contributed by atoms with Crippen molar-refractivity contribution in [2.24, 2.45) is 35.5 Å². The van der Waals surface area contributed by atoms with Gasteiger partial charge in [-0.1, -0.05) is 158 Å². The van der Waals surface area contributed by atoms with E-state index in [0.29, 0.717) is 5.92 Å². The van der Waals surface area contributed by atoms with Crippen LogP contribution in [0.2, 0.25) is 0 Å². The number of carbonyl (C=O) groups excluding carboxylic acids is 2. The molecule has 6 unspecified atom stereocenters. The van der Waals surface area contributed by atoms with Gasteiger partial charge in [-0.05, 0) is 36.0 Å². The van der Waals surface area contributed by atoms with E-state index in [4.69, 9.17) is 9.47 Å². The van der Waals surface area contributed by atoms with Crippen LogP contribution in [0.15, 0.2) is 12.7 Å². The van der Waals surface area contributed by atoms with Crippen LogP contribution in [0.4, 0.5) is 0 Å². The summed E-state index contributed by atoms with van der Waals surface area (Å²) in [5.41, 5.74) is 0. The molecule has 4 heteroatoms. The predicted molar refractivity (Wildman–Crippen MR) is 171 cm³/mol. The Bertz CT molecular complexity index is 643. The average Bonchev–Trinajstić information content (AvgIpc) is 2.90. The van der Waals surface area contributed by atoms with Gasteiger partial charge in [0.15, 0.2) is 0 Å². The number of ether oxygens (including phenoxy) is 2. The first-order chi connectivity index (χ1) is 19.0. The van der Waals surface area contributed by atoms with E-state index in [9.17, 15) is 9.59 Å². The van der Waals surface area contributed by atoms with Gasteiger partial charge in [0.2, 0.25) is 6.29 Å². The Balaban J connectivity index is 3.93. The molecule has 0 N–H and O–H groups in total. The second-order valence-corrected chi connectivity index (χ2v) is 13.7. The molecule has 0 aromatic carbocycles. The van der Waals surface area contributed by atoms with Gasteiger partial charge >= 0.3 is 11.9 Å². The predicted octanol–water partition coefficient (Wildman–Crippen LogP) is 11.1. The molecule has 0 bridgehead atoms. The zero-order chi connectivity index (χ0) is 30.3. The van der Waals surface area contributed by atoms with Gasteiger partial charge in [-0.2, -0.15) is 0 Å². The molecular weight excluding hydrogens is 496 g/mol. The smallest absolute Gasteiger partial charge is 0.333 e. The molecule has 236 valence electrons. The largest absolute Gasteiger partial charge is 0.425 e. The summed E-state index contributed by atoms with van der Waals surface area (Å²) in [7, 11) is 0. The summed E-state index contributed by atoms with van der Waals surface area (Å²) < 4.78 is 10.6. The molecule has 0 aliphatic rings. The Labute approximate surface area is 249 Å². The summed E-state index contributed by atoms with van der Waals surface area (Å²) in [5.74, 6) is 3.21. The van der Waals surface area contributed by atoms with Crippen molar-refractivity contribution >= 4 is 11.9 Å². The van der Waals surface area contributed by atoms with Crippen LogP contribution in [0, 0.1) is 35.5 Å². The van der Waals surface area contributed by atoms with Crippen molar-refractivity contribution in [3.8, 4) is 0 Å². The van der Waals surface area contributed by atoms with Gasteiger partial charge in [0.1, 0.15) is 0 Å². The van der Waals surface area contributed by atoms with Crippen molar-refractivity contribution < 1.29 is 19.1 Å². The van der Waals surface area contributed by atoms with Gasteiger partial charge in [-0.25, -0.2) is 4.79 Å². The lowest BCUT2D eigenvalue weighted by molar-refractivity contribution is -0.193. The highest BCUT2D eigenvalue weighted by atomic mass is 16.7. The van der Waals surface area contributed by atoms with E-state index < -0.39 is 12.3 Å². The normalized spacial score (nSPS) is 16.1. The van der Waals surface area contributed by atoms with Crippen molar-refractivity contribution in [2.75, 3.05) is 0 Å². The Kier molecular flexibility index (Phi) is 23.5. The zero-order valence-electron chi connectivity index (χ0n) is 28.0. The van der Waals surface area contributed by atoms with E-state index in [0.717, 1.165) is 49.0 Å². The fourth-order valence-electron chi connectivity index (χ4n) is 5.62. The van der Waals surface area contributed by atoms with Crippen molar-refractivity contribution in [1.82, 2.24) is 0 Å². The van der Waals surface area contributed by atoms with Crippen LogP contribution >= 0.6 is 0 Å². The molecule has 4 nitrogen and oxygen atoms in total. The summed E-state index contributed by atoms with van der Waals surface area (Å²) in [6.07, 6.45) is 21.5. The van der Waals surface area contributed by atoms with E-state index in [1.165, 1.54) is 83.5 Å². The number of rotatable bonds is 26. The van der Waals surface area contributed by atoms with E-state index in [1.54, 1.807) is 6.92 Å². The molecule has 40 heavy (non-hydrogen) atoms. The fourth-order valence-corrected chi connectivity index (χ4v) is 5.62. The zero-order valence-corrected chi connectivity index (χ0v) is 28.0. The lowest BCUT2D eigenvalue weighted by atomic mass is 9.90. The maximum atomic E-state index is 11.7. The number of esters is 2. The standard InChI is InChI=1S/C36H68O4/c1-10-34(37)39-36(40-35(38)11-2)33(9)27-17-26-32(8)25-16-23-30(6)20-13-12-19-29(5)22-15-24-31(7)21-14-18-28(3)4/h10,28-33,36H,1,11-27H2,2-9H3. The summed E-state index contributed by atoms with van der Waals surface area (Å²) in [4.78, 5) is 23.4. The van der Waals surface area contributed by atoms with Gasteiger partial charge in [-0.3, -0.25) is 4.79 Å². The van der Waals surface area contributed by atoms with Crippen LogP contribution in [0.5, 0.6) is 0 Å². The quantitative estimate of drug-likeness (QED) is 0.0454. The molecule has 0 amide bonds. The first kappa shape index (κ1) is 38.7. The van der Waals surface area contributed by atoms with Crippen molar-refractivity contribution in [1.29, 1.82) is 0 Å². The van der Waals surface area contributed by atoms with Crippen LogP contribution in [0.3, 0.4) is 0 Å². The monoisotopic (exact) mass is 565 g/mol. The van der Waals surface area contributed by atoms with Gasteiger partial charge in [-0.15, -0.1) is 0 Å². The van der Waals surface area contributed by atoms with Gasteiger partial charge in [0, 0.05) is 18.4 Å². The van der Waals surface area contributed by atoms with E-state index in [2.05, 4.69) is 48.1 Å². The maximum Gasteiger partial charge on any atom is 0.333 e. The first-order valence-corrected chi connectivity index (χ1v) is 17.0. The number of hydrogen-bond donors (Lipinski definition) is 0. The molecule has 0 spiro atoms. The van der Waals surface area contributed by atoms with Crippen LogP contribution < -0.4 is 0 Å². The molecule has 0 aromatic rings. The summed E-state index contributed by atoms with van der Waals surface area (Å²) in [5, 5.41) is 0. The number of unbranched alkanes of at least 4 members (excludes halogenated alkanes) is 1. The summed E-state index contributed by atoms with van der Waals surface area (Å²) in [6, 6.07) is 0. The summed E-state index contributed by atoms with van der Waals surface area (Å²) >= 11 is 0. The minimum atomic E-state index is -0.829. The van der Waals surface area contributed by atoms with Crippen LogP contribution in [0.25, 0.3) is 0 Å². The Morgan fingerprint density at radius 1 is 0.575 bits per heavy atom. The molecule has 0 radical (unpaired) electrons. The van der Waals surface area contributed by atoms with Crippen LogP contribution in [0.1, 0.15) is 165 Å². The van der Waals surface area contributed by atoms with Crippen LogP contribution in [-0.4, -0.2) is 18.2 Å². The topological polar surface area (TPSA) is 52.6 Å².